The van der Waals surface area contributed by atoms with E-state index in [1.54, 1.807) is 0 Å². The topological polar surface area (TPSA) is 50.4 Å². The maximum absolute atomic E-state index is 11.5. The van der Waals surface area contributed by atoms with Crippen LogP contribution in [0.5, 0.6) is 0 Å². The molecule has 0 aromatic heterocycles. The quantitative estimate of drug-likeness (QED) is 0.704. The van der Waals surface area contributed by atoms with Crippen molar-refractivity contribution in [3.8, 4) is 0 Å². The zero-order valence-electron chi connectivity index (χ0n) is 8.42. The summed E-state index contributed by atoms with van der Waals surface area (Å²) < 4.78 is 5.32. The number of nitrogens with one attached hydrogen (secondary N) is 2. The standard InChI is InChI=1S/C10H18N2O2/c13-10(11-8-4-1-2-5-8)12-9-6-3-7-14-9/h8-9H,1-7H2,(H2,11,12,13). The van der Waals surface area contributed by atoms with Gasteiger partial charge in [0.15, 0.2) is 0 Å². The van der Waals surface area contributed by atoms with E-state index >= 15 is 0 Å². The van der Waals surface area contributed by atoms with Gasteiger partial charge in [-0.2, -0.15) is 0 Å². The van der Waals surface area contributed by atoms with Gasteiger partial charge in [-0.15, -0.1) is 0 Å². The fourth-order valence-electron chi connectivity index (χ4n) is 2.13. The SMILES string of the molecule is O=C(NC1CCCC1)NC1CCCO1. The summed E-state index contributed by atoms with van der Waals surface area (Å²) in [6, 6.07) is 0.320. The minimum absolute atomic E-state index is 0.0589. The zero-order valence-corrected chi connectivity index (χ0v) is 8.42. The molecule has 1 aliphatic heterocycles. The van der Waals surface area contributed by atoms with Gasteiger partial charge in [-0.1, -0.05) is 12.8 Å². The van der Waals surface area contributed by atoms with Crippen LogP contribution in [0.15, 0.2) is 0 Å². The maximum Gasteiger partial charge on any atom is 0.317 e. The lowest BCUT2D eigenvalue weighted by atomic mass is 10.2. The van der Waals surface area contributed by atoms with Crippen LogP contribution in [-0.2, 0) is 4.74 Å². The van der Waals surface area contributed by atoms with Crippen LogP contribution in [0.4, 0.5) is 4.79 Å². The minimum atomic E-state index is -0.0659. The van der Waals surface area contributed by atoms with Crippen LogP contribution >= 0.6 is 0 Å². The Balaban J connectivity index is 1.66. The molecule has 2 fully saturated rings. The molecular weight excluding hydrogens is 180 g/mol. The van der Waals surface area contributed by atoms with Crippen molar-refractivity contribution in [3.05, 3.63) is 0 Å². The smallest absolute Gasteiger partial charge is 0.317 e. The fourth-order valence-corrected chi connectivity index (χ4v) is 2.13. The fraction of sp³-hybridized carbons (Fsp3) is 0.900. The Bertz CT molecular complexity index is 176. The van der Waals surface area contributed by atoms with E-state index in [4.69, 9.17) is 4.74 Å². The van der Waals surface area contributed by atoms with Gasteiger partial charge in [-0.05, 0) is 25.7 Å². The number of carbonyl (C=O) groups is 1. The second kappa shape index (κ2) is 4.64. The molecule has 1 aliphatic carbocycles. The lowest BCUT2D eigenvalue weighted by molar-refractivity contribution is 0.0903. The Morgan fingerprint density at radius 2 is 1.86 bits per heavy atom. The molecule has 2 aliphatic rings. The number of rotatable bonds is 2. The average molecular weight is 198 g/mol. The molecule has 0 aromatic rings. The average Bonchev–Trinajstić information content (AvgIpc) is 2.76. The molecule has 2 N–H and O–H groups in total. The number of urea groups is 1. The van der Waals surface area contributed by atoms with Crippen LogP contribution in [0, 0.1) is 0 Å². The molecule has 1 saturated carbocycles. The Hall–Kier alpha value is -0.770. The molecular formula is C10H18N2O2. The molecule has 2 rings (SSSR count). The lowest BCUT2D eigenvalue weighted by Gasteiger charge is -2.16. The molecule has 0 bridgehead atoms. The lowest BCUT2D eigenvalue weighted by Crippen LogP contribution is -2.45. The highest BCUT2D eigenvalue weighted by Gasteiger charge is 2.21. The van der Waals surface area contributed by atoms with E-state index < -0.39 is 0 Å². The summed E-state index contributed by atoms with van der Waals surface area (Å²) in [6.07, 6.45) is 6.66. The van der Waals surface area contributed by atoms with Gasteiger partial charge in [0.25, 0.3) is 0 Å². The van der Waals surface area contributed by atoms with Gasteiger partial charge in [0.1, 0.15) is 6.23 Å². The van der Waals surface area contributed by atoms with E-state index in [9.17, 15) is 4.79 Å². The molecule has 1 unspecified atom stereocenters. The largest absolute Gasteiger partial charge is 0.358 e. The van der Waals surface area contributed by atoms with E-state index in [1.165, 1.54) is 12.8 Å². The number of ether oxygens (including phenoxy) is 1. The maximum atomic E-state index is 11.5. The highest BCUT2D eigenvalue weighted by Crippen LogP contribution is 2.17. The first kappa shape index (κ1) is 9.77. The first-order valence-corrected chi connectivity index (χ1v) is 5.53. The molecule has 1 heterocycles. The van der Waals surface area contributed by atoms with Gasteiger partial charge in [0.05, 0.1) is 0 Å². The van der Waals surface area contributed by atoms with E-state index in [2.05, 4.69) is 10.6 Å². The Morgan fingerprint density at radius 1 is 1.07 bits per heavy atom. The minimum Gasteiger partial charge on any atom is -0.358 e. The van der Waals surface area contributed by atoms with Crippen molar-refractivity contribution in [1.82, 2.24) is 10.6 Å². The summed E-state index contributed by atoms with van der Waals surface area (Å²) >= 11 is 0. The van der Waals surface area contributed by atoms with Crippen molar-refractivity contribution in [2.75, 3.05) is 6.61 Å². The predicted octanol–water partition coefficient (Wildman–Crippen LogP) is 1.36. The van der Waals surface area contributed by atoms with Crippen LogP contribution in [0.3, 0.4) is 0 Å². The van der Waals surface area contributed by atoms with E-state index in [1.807, 2.05) is 0 Å². The van der Waals surface area contributed by atoms with E-state index in [0.29, 0.717) is 6.04 Å². The van der Waals surface area contributed by atoms with Crippen LogP contribution < -0.4 is 10.6 Å². The summed E-state index contributed by atoms with van der Waals surface area (Å²) in [5.41, 5.74) is 0. The van der Waals surface area contributed by atoms with Crippen molar-refractivity contribution < 1.29 is 9.53 Å². The molecule has 1 saturated heterocycles. The zero-order chi connectivity index (χ0) is 9.80. The molecule has 0 spiro atoms. The van der Waals surface area contributed by atoms with E-state index in [-0.39, 0.29) is 12.3 Å². The van der Waals surface area contributed by atoms with Crippen molar-refractivity contribution >= 4 is 6.03 Å². The summed E-state index contributed by atoms with van der Waals surface area (Å²) in [5.74, 6) is 0. The number of carbonyl (C=O) groups excluding carboxylic acids is 1. The van der Waals surface area contributed by atoms with Gasteiger partial charge < -0.3 is 15.4 Å². The van der Waals surface area contributed by atoms with Crippen molar-refractivity contribution in [2.45, 2.75) is 50.8 Å². The predicted molar refractivity (Wildman–Crippen MR) is 52.9 cm³/mol. The molecule has 80 valence electrons. The first-order valence-electron chi connectivity index (χ1n) is 5.53. The second-order valence-electron chi connectivity index (χ2n) is 4.10. The molecule has 4 nitrogen and oxygen atoms in total. The Morgan fingerprint density at radius 3 is 2.50 bits per heavy atom. The third-order valence-electron chi connectivity index (χ3n) is 2.91. The van der Waals surface area contributed by atoms with Gasteiger partial charge in [0, 0.05) is 12.6 Å². The van der Waals surface area contributed by atoms with Crippen molar-refractivity contribution in [2.24, 2.45) is 0 Å². The van der Waals surface area contributed by atoms with Crippen LogP contribution in [0.25, 0.3) is 0 Å². The molecule has 14 heavy (non-hydrogen) atoms. The van der Waals surface area contributed by atoms with Crippen LogP contribution in [0.2, 0.25) is 0 Å². The Kier molecular flexibility index (Phi) is 3.24. The summed E-state index contributed by atoms with van der Waals surface area (Å²) in [4.78, 5) is 11.5. The summed E-state index contributed by atoms with van der Waals surface area (Å²) in [5, 5.41) is 5.81. The summed E-state index contributed by atoms with van der Waals surface area (Å²) in [6.45, 7) is 0.772. The van der Waals surface area contributed by atoms with Gasteiger partial charge in [-0.3, -0.25) is 0 Å². The Labute approximate surface area is 84.4 Å². The first-order chi connectivity index (χ1) is 6.84. The number of hydrogen-bond acceptors (Lipinski definition) is 2. The van der Waals surface area contributed by atoms with Crippen LogP contribution in [0.1, 0.15) is 38.5 Å². The van der Waals surface area contributed by atoms with Crippen LogP contribution in [-0.4, -0.2) is 24.9 Å². The number of amides is 2. The van der Waals surface area contributed by atoms with Gasteiger partial charge in [-0.25, -0.2) is 4.79 Å². The van der Waals surface area contributed by atoms with Gasteiger partial charge >= 0.3 is 6.03 Å². The van der Waals surface area contributed by atoms with Crippen molar-refractivity contribution in [1.29, 1.82) is 0 Å². The molecule has 2 amide bonds. The molecule has 0 aromatic carbocycles. The highest BCUT2D eigenvalue weighted by atomic mass is 16.5. The molecule has 1 atom stereocenters. The number of hydrogen-bond donors (Lipinski definition) is 2. The molecule has 0 radical (unpaired) electrons. The third-order valence-corrected chi connectivity index (χ3v) is 2.91. The highest BCUT2D eigenvalue weighted by molar-refractivity contribution is 5.74. The summed E-state index contributed by atoms with van der Waals surface area (Å²) in [7, 11) is 0. The second-order valence-corrected chi connectivity index (χ2v) is 4.10. The van der Waals surface area contributed by atoms with E-state index in [0.717, 1.165) is 32.3 Å². The molecule has 4 heteroatoms. The normalized spacial score (nSPS) is 27.9. The van der Waals surface area contributed by atoms with Gasteiger partial charge in [0.2, 0.25) is 0 Å². The third kappa shape index (κ3) is 2.61. The monoisotopic (exact) mass is 198 g/mol. The van der Waals surface area contributed by atoms with Crippen molar-refractivity contribution in [3.63, 3.8) is 0 Å².